The highest BCUT2D eigenvalue weighted by Gasteiger charge is 2.38. The van der Waals surface area contributed by atoms with E-state index in [4.69, 9.17) is 21.1 Å². The Morgan fingerprint density at radius 1 is 1.10 bits per heavy atom. The molecule has 0 unspecified atom stereocenters. The maximum Gasteiger partial charge on any atom is 0.442 e. The molecule has 0 saturated carbocycles. The van der Waals surface area contributed by atoms with Gasteiger partial charge in [-0.2, -0.15) is 17.6 Å². The van der Waals surface area contributed by atoms with Crippen molar-refractivity contribution in [2.75, 3.05) is 11.6 Å². The number of halogens is 5. The number of aryl methyl sites for hydroxylation is 1. The molecule has 3 rings (SSSR count). The molecule has 1 N–H and O–H groups in total. The van der Waals surface area contributed by atoms with Crippen molar-refractivity contribution in [3.8, 4) is 11.5 Å². The summed E-state index contributed by atoms with van der Waals surface area (Å²) in [6.07, 6.45) is -4.24. The normalized spacial score (nSPS) is 13.2. The number of pyridine rings is 2. The van der Waals surface area contributed by atoms with Crippen molar-refractivity contribution in [3.63, 3.8) is 0 Å². The molecule has 1 atom stereocenters. The first kappa shape index (κ1) is 30.8. The van der Waals surface area contributed by atoms with Gasteiger partial charge in [-0.25, -0.2) is 19.0 Å². The van der Waals surface area contributed by atoms with Crippen molar-refractivity contribution < 1.29 is 40.8 Å². The summed E-state index contributed by atoms with van der Waals surface area (Å²) in [5.74, 6) is -2.49. The molecule has 40 heavy (non-hydrogen) atoms. The van der Waals surface area contributed by atoms with E-state index in [-0.39, 0.29) is 22.0 Å². The van der Waals surface area contributed by atoms with Crippen molar-refractivity contribution in [1.29, 1.82) is 0 Å². The lowest BCUT2D eigenvalue weighted by atomic mass is 10.1. The third-order valence-corrected chi connectivity index (χ3v) is 6.87. The summed E-state index contributed by atoms with van der Waals surface area (Å²) in [4.78, 5) is 32.2. The molecule has 2 aromatic heterocycles. The quantitative estimate of drug-likeness (QED) is 0.246. The highest BCUT2D eigenvalue weighted by atomic mass is 35.5. The number of amides is 2. The topological polar surface area (TPSA) is 120 Å². The zero-order chi connectivity index (χ0) is 30.0. The van der Waals surface area contributed by atoms with Crippen LogP contribution in [0.4, 0.5) is 28.0 Å². The van der Waals surface area contributed by atoms with Crippen LogP contribution in [0.2, 0.25) is 5.02 Å². The zero-order valence-electron chi connectivity index (χ0n) is 21.7. The molecule has 9 nitrogen and oxygen atoms in total. The Bertz CT molecular complexity index is 1600. The van der Waals surface area contributed by atoms with Gasteiger partial charge in [0.1, 0.15) is 16.9 Å². The van der Waals surface area contributed by atoms with Gasteiger partial charge in [0, 0.05) is 16.8 Å². The van der Waals surface area contributed by atoms with Crippen LogP contribution in [0.5, 0.6) is 11.5 Å². The number of hydrogen-bond donors (Lipinski definition) is 1. The van der Waals surface area contributed by atoms with E-state index in [1.807, 2.05) is 0 Å². The number of carbonyl (C=O) groups excluding carboxylic acids is 2. The van der Waals surface area contributed by atoms with E-state index in [1.165, 1.54) is 43.5 Å². The molecule has 214 valence electrons. The molecule has 0 radical (unpaired) electrons. The maximum absolute atomic E-state index is 13.5. The molecule has 0 spiro atoms. The highest BCUT2D eigenvalue weighted by Crippen LogP contribution is 2.39. The number of nitrogens with zero attached hydrogens (tertiary/aromatic N) is 3. The molecular formula is C25H23ClF4N4O5S. The Labute approximate surface area is 232 Å². The van der Waals surface area contributed by atoms with E-state index in [2.05, 4.69) is 19.6 Å². The number of hydrogen-bond acceptors (Lipinski definition) is 7. The largest absolute Gasteiger partial charge is 0.453 e. The number of carbonyl (C=O) groups is 2. The predicted molar refractivity (Wildman–Crippen MR) is 139 cm³/mol. The minimum Gasteiger partial charge on any atom is -0.453 e. The molecule has 0 aliphatic heterocycles. The molecule has 15 heteroatoms. The molecule has 2 heterocycles. The van der Waals surface area contributed by atoms with E-state index in [1.54, 1.807) is 20.8 Å². The number of aromatic nitrogens is 2. The molecule has 0 bridgehead atoms. The van der Waals surface area contributed by atoms with Crippen LogP contribution < -0.4 is 10.1 Å². The van der Waals surface area contributed by atoms with Crippen molar-refractivity contribution >= 4 is 39.0 Å². The lowest BCUT2D eigenvalue weighted by Crippen LogP contribution is -2.22. The average Bonchev–Trinajstić information content (AvgIpc) is 2.78. The summed E-state index contributed by atoms with van der Waals surface area (Å²) in [5, 5.41) is 1.32. The van der Waals surface area contributed by atoms with Gasteiger partial charge in [-0.3, -0.25) is 4.79 Å². The number of rotatable bonds is 5. The SMILES string of the molecule is Cc1nc(F)ccc1Oc1cnc(C(F)(F)F)c(Cl)c1C(=O)Nc1cccc([S@@](C)(=O)=NC(=O)OC(C)(C)C)c1. The molecule has 1 aromatic carbocycles. The van der Waals surface area contributed by atoms with Crippen LogP contribution in [0.1, 0.15) is 42.5 Å². The minimum absolute atomic E-state index is 0.0107. The van der Waals surface area contributed by atoms with E-state index in [0.29, 0.717) is 6.20 Å². The fourth-order valence-corrected chi connectivity index (χ4v) is 4.62. The van der Waals surface area contributed by atoms with Gasteiger partial charge < -0.3 is 14.8 Å². The smallest absolute Gasteiger partial charge is 0.442 e. The molecule has 0 saturated heterocycles. The van der Waals surface area contributed by atoms with Crippen LogP contribution in [0.25, 0.3) is 0 Å². The Hall–Kier alpha value is -3.78. The minimum atomic E-state index is -5.01. The Morgan fingerprint density at radius 2 is 1.77 bits per heavy atom. The van der Waals surface area contributed by atoms with Crippen LogP contribution >= 0.6 is 11.6 Å². The highest BCUT2D eigenvalue weighted by molar-refractivity contribution is 7.93. The van der Waals surface area contributed by atoms with Gasteiger partial charge in [-0.05, 0) is 58.0 Å². The summed E-state index contributed by atoms with van der Waals surface area (Å²) in [6.45, 7) is 6.20. The fourth-order valence-electron chi connectivity index (χ4n) is 3.18. The van der Waals surface area contributed by atoms with E-state index >= 15 is 0 Å². The monoisotopic (exact) mass is 602 g/mol. The van der Waals surface area contributed by atoms with Crippen molar-refractivity contribution in [2.24, 2.45) is 4.36 Å². The van der Waals surface area contributed by atoms with Gasteiger partial charge in [0.25, 0.3) is 5.91 Å². The molecule has 0 aliphatic carbocycles. The number of alkyl halides is 3. The predicted octanol–water partition coefficient (Wildman–Crippen LogP) is 7.03. The second-order valence-corrected chi connectivity index (χ2v) is 12.0. The second kappa shape index (κ2) is 11.4. The molecule has 0 fully saturated rings. The third-order valence-electron chi connectivity index (χ3n) is 4.87. The third kappa shape index (κ3) is 7.66. The molecular weight excluding hydrogens is 580 g/mol. The molecule has 3 aromatic rings. The maximum atomic E-state index is 13.5. The molecule has 0 aliphatic rings. The number of ether oxygens (including phenoxy) is 2. The number of anilines is 1. The first-order valence-electron chi connectivity index (χ1n) is 11.3. The summed E-state index contributed by atoms with van der Waals surface area (Å²) >= 11 is 5.99. The summed E-state index contributed by atoms with van der Waals surface area (Å²) < 4.78 is 81.3. The van der Waals surface area contributed by atoms with E-state index < -0.39 is 61.5 Å². The van der Waals surface area contributed by atoms with Crippen LogP contribution in [0, 0.1) is 12.9 Å². The standard InChI is InChI=1S/C25H23ClF4N4O5S/c1-13-16(9-10-18(27)32-13)38-17-12-31-21(25(28,29)30)20(26)19(17)22(35)33-14-7-6-8-15(11-14)40(5,37)34-23(36)39-24(2,3)4/h6-12H,1-5H3,(H,33,35)/t40-/m1/s1. The van der Waals surface area contributed by atoms with E-state index in [0.717, 1.165) is 6.07 Å². The van der Waals surface area contributed by atoms with E-state index in [9.17, 15) is 31.4 Å². The van der Waals surface area contributed by atoms with Gasteiger partial charge in [0.15, 0.2) is 11.4 Å². The van der Waals surface area contributed by atoms with Gasteiger partial charge in [-0.15, -0.1) is 4.36 Å². The average molecular weight is 603 g/mol. The first-order chi connectivity index (χ1) is 18.4. The van der Waals surface area contributed by atoms with Crippen LogP contribution in [0.3, 0.4) is 0 Å². The zero-order valence-corrected chi connectivity index (χ0v) is 23.3. The van der Waals surface area contributed by atoms with Crippen LogP contribution in [0.15, 0.2) is 51.9 Å². The van der Waals surface area contributed by atoms with Crippen LogP contribution in [-0.4, -0.2) is 38.0 Å². The number of benzene rings is 1. The van der Waals surface area contributed by atoms with Gasteiger partial charge in [0.05, 0.1) is 26.6 Å². The Morgan fingerprint density at radius 3 is 2.38 bits per heavy atom. The van der Waals surface area contributed by atoms with Crippen LogP contribution in [-0.2, 0) is 20.6 Å². The summed E-state index contributed by atoms with van der Waals surface area (Å²) in [5.41, 5.74) is -3.12. The Kier molecular flexibility index (Phi) is 8.74. The van der Waals surface area contributed by atoms with Gasteiger partial charge >= 0.3 is 12.3 Å². The fraction of sp³-hybridized carbons (Fsp3) is 0.280. The lowest BCUT2D eigenvalue weighted by Gasteiger charge is -2.18. The first-order valence-corrected chi connectivity index (χ1v) is 13.6. The van der Waals surface area contributed by atoms with Crippen molar-refractivity contribution in [2.45, 2.75) is 44.4 Å². The number of nitrogens with one attached hydrogen (secondary N) is 1. The van der Waals surface area contributed by atoms with Crippen molar-refractivity contribution in [3.05, 3.63) is 70.5 Å². The summed E-state index contributed by atoms with van der Waals surface area (Å²) in [7, 11) is -3.34. The lowest BCUT2D eigenvalue weighted by molar-refractivity contribution is -0.141. The molecule has 2 amide bonds. The van der Waals surface area contributed by atoms with Crippen molar-refractivity contribution in [1.82, 2.24) is 9.97 Å². The van der Waals surface area contributed by atoms with Gasteiger partial charge in [-0.1, -0.05) is 17.7 Å². The van der Waals surface area contributed by atoms with Gasteiger partial charge in [0.2, 0.25) is 5.95 Å². The summed E-state index contributed by atoms with van der Waals surface area (Å²) in [6, 6.07) is 7.48. The Balaban J connectivity index is 2.02. The second-order valence-electron chi connectivity index (χ2n) is 9.33.